The SMILES string of the molecule is CC(C)C(=O)NC(CN(Cc1ccccc1)C(=O)OCc1cncs1)CN(Cc1ccccc1)C(=O)OCc1cncs1. The van der Waals surface area contributed by atoms with Gasteiger partial charge in [0.1, 0.15) is 13.2 Å². The number of nitrogens with zero attached hydrogens (tertiary/aromatic N) is 4. The lowest BCUT2D eigenvalue weighted by atomic mass is 10.1. The Kier molecular flexibility index (Phi) is 12.0. The molecule has 4 rings (SSSR count). The predicted molar refractivity (Wildman–Crippen MR) is 165 cm³/mol. The third kappa shape index (κ3) is 10.5. The van der Waals surface area contributed by atoms with Gasteiger partial charge in [0.2, 0.25) is 5.91 Å². The number of hydrogen-bond donors (Lipinski definition) is 1. The average Bonchev–Trinajstić information content (AvgIpc) is 3.74. The number of benzene rings is 2. The normalized spacial score (nSPS) is 10.9. The van der Waals surface area contributed by atoms with Gasteiger partial charge >= 0.3 is 12.2 Å². The molecule has 0 aliphatic rings. The summed E-state index contributed by atoms with van der Waals surface area (Å²) in [6.07, 6.45) is 2.24. The van der Waals surface area contributed by atoms with Gasteiger partial charge in [-0.1, -0.05) is 74.5 Å². The second kappa shape index (κ2) is 16.4. The van der Waals surface area contributed by atoms with E-state index in [0.717, 1.165) is 20.9 Å². The lowest BCUT2D eigenvalue weighted by Gasteiger charge is -2.32. The van der Waals surface area contributed by atoms with Gasteiger partial charge in [-0.3, -0.25) is 14.8 Å². The smallest absolute Gasteiger partial charge is 0.410 e. The van der Waals surface area contributed by atoms with Crippen LogP contribution in [0.25, 0.3) is 0 Å². The largest absolute Gasteiger partial charge is 0.444 e. The predicted octanol–water partition coefficient (Wildman–Crippen LogP) is 5.72. The Bertz CT molecular complexity index is 1310. The van der Waals surface area contributed by atoms with Crippen LogP contribution in [0.4, 0.5) is 9.59 Å². The zero-order valence-electron chi connectivity index (χ0n) is 24.1. The topological polar surface area (TPSA) is 114 Å². The Morgan fingerprint density at radius 2 is 1.19 bits per heavy atom. The molecule has 0 aliphatic carbocycles. The number of aromatic nitrogens is 2. The van der Waals surface area contributed by atoms with E-state index in [1.165, 1.54) is 22.7 Å². The van der Waals surface area contributed by atoms with E-state index in [2.05, 4.69) is 15.3 Å². The van der Waals surface area contributed by atoms with Gasteiger partial charge in [0, 0.05) is 44.5 Å². The van der Waals surface area contributed by atoms with E-state index < -0.39 is 18.2 Å². The number of carbonyl (C=O) groups is 3. The summed E-state index contributed by atoms with van der Waals surface area (Å²) in [6, 6.07) is 18.5. The van der Waals surface area contributed by atoms with Crippen molar-refractivity contribution in [2.24, 2.45) is 5.92 Å². The van der Waals surface area contributed by atoms with Crippen LogP contribution in [-0.4, -0.2) is 57.0 Å². The molecule has 0 saturated heterocycles. The summed E-state index contributed by atoms with van der Waals surface area (Å²) in [7, 11) is 0. The van der Waals surface area contributed by atoms with Crippen LogP contribution < -0.4 is 5.32 Å². The molecule has 1 N–H and O–H groups in total. The van der Waals surface area contributed by atoms with E-state index in [0.29, 0.717) is 0 Å². The van der Waals surface area contributed by atoms with Crippen molar-refractivity contribution in [2.45, 2.75) is 46.2 Å². The molecule has 4 aromatic rings. The summed E-state index contributed by atoms with van der Waals surface area (Å²) in [5, 5.41) is 3.04. The Hall–Kier alpha value is -4.29. The molecule has 0 spiro atoms. The molecule has 0 fully saturated rings. The van der Waals surface area contributed by atoms with Crippen molar-refractivity contribution in [3.8, 4) is 0 Å². The minimum Gasteiger partial charge on any atom is -0.444 e. The van der Waals surface area contributed by atoms with Gasteiger partial charge in [-0.2, -0.15) is 0 Å². The second-order valence-corrected chi connectivity index (χ2v) is 12.1. The molecular weight excluding hydrogens is 587 g/mol. The van der Waals surface area contributed by atoms with Crippen molar-refractivity contribution in [1.82, 2.24) is 25.1 Å². The van der Waals surface area contributed by atoms with Gasteiger partial charge in [0.25, 0.3) is 0 Å². The average molecular weight is 622 g/mol. The quantitative estimate of drug-likeness (QED) is 0.192. The zero-order chi connectivity index (χ0) is 30.4. The fourth-order valence-corrected chi connectivity index (χ4v) is 5.15. The molecular formula is C31H35N5O5S2. The number of thiazole rings is 2. The van der Waals surface area contributed by atoms with Crippen LogP contribution in [-0.2, 0) is 40.6 Å². The maximum absolute atomic E-state index is 13.4. The van der Waals surface area contributed by atoms with Crippen molar-refractivity contribution < 1.29 is 23.9 Å². The third-order valence-electron chi connectivity index (χ3n) is 6.34. The van der Waals surface area contributed by atoms with Crippen LogP contribution in [0.1, 0.15) is 34.7 Å². The van der Waals surface area contributed by atoms with Crippen LogP contribution in [0.5, 0.6) is 0 Å². The van der Waals surface area contributed by atoms with Crippen molar-refractivity contribution >= 4 is 40.8 Å². The van der Waals surface area contributed by atoms with Gasteiger partial charge in [-0.05, 0) is 11.1 Å². The van der Waals surface area contributed by atoms with Gasteiger partial charge in [0.15, 0.2) is 0 Å². The summed E-state index contributed by atoms with van der Waals surface area (Å²) in [5.74, 6) is -0.496. The molecule has 0 bridgehead atoms. The molecule has 226 valence electrons. The van der Waals surface area contributed by atoms with E-state index in [1.54, 1.807) is 47.1 Å². The highest BCUT2D eigenvalue weighted by molar-refractivity contribution is 7.09. The summed E-state index contributed by atoms with van der Waals surface area (Å²) in [6.45, 7) is 4.47. The number of carbonyl (C=O) groups excluding carboxylic acids is 3. The molecule has 2 heterocycles. The third-order valence-corrected chi connectivity index (χ3v) is 7.85. The standard InChI is InChI=1S/C31H35N5O5S2/c1-23(2)29(37)34-26(17-35(15-24-9-5-3-6-10-24)30(38)40-19-27-13-32-21-42-27)18-36(16-25-11-7-4-8-12-25)31(39)41-20-28-14-33-22-43-28/h3-14,21-23,26H,15-20H2,1-2H3,(H,34,37). The lowest BCUT2D eigenvalue weighted by molar-refractivity contribution is -0.125. The Labute approximate surface area is 259 Å². The van der Waals surface area contributed by atoms with Crippen LogP contribution in [0.2, 0.25) is 0 Å². The summed E-state index contributed by atoms with van der Waals surface area (Å²) >= 11 is 2.79. The Morgan fingerprint density at radius 3 is 1.56 bits per heavy atom. The lowest BCUT2D eigenvalue weighted by Crippen LogP contribution is -2.52. The summed E-state index contributed by atoms with van der Waals surface area (Å²) in [4.78, 5) is 52.6. The zero-order valence-corrected chi connectivity index (χ0v) is 25.8. The van der Waals surface area contributed by atoms with Gasteiger partial charge in [-0.25, -0.2) is 9.59 Å². The van der Waals surface area contributed by atoms with Crippen LogP contribution in [0.15, 0.2) is 84.1 Å². The fourth-order valence-electron chi connectivity index (χ4n) is 4.14. The summed E-state index contributed by atoms with van der Waals surface area (Å²) < 4.78 is 11.3. The maximum Gasteiger partial charge on any atom is 0.410 e. The molecule has 0 saturated carbocycles. The number of ether oxygens (including phenoxy) is 2. The van der Waals surface area contributed by atoms with E-state index >= 15 is 0 Å². The van der Waals surface area contributed by atoms with E-state index in [4.69, 9.17) is 9.47 Å². The van der Waals surface area contributed by atoms with Gasteiger partial charge in [0.05, 0.1) is 26.8 Å². The number of hydrogen-bond acceptors (Lipinski definition) is 9. The van der Waals surface area contributed by atoms with E-state index in [-0.39, 0.29) is 51.2 Å². The first-order chi connectivity index (χ1) is 20.9. The molecule has 0 aliphatic heterocycles. The molecule has 0 unspecified atom stereocenters. The Balaban J connectivity index is 1.56. The van der Waals surface area contributed by atoms with Crippen molar-refractivity contribution in [1.29, 1.82) is 0 Å². The van der Waals surface area contributed by atoms with E-state index in [1.807, 2.05) is 60.7 Å². The minimum atomic E-state index is -0.616. The van der Waals surface area contributed by atoms with Crippen molar-refractivity contribution in [3.05, 3.63) is 105 Å². The van der Waals surface area contributed by atoms with Crippen LogP contribution in [0.3, 0.4) is 0 Å². The molecule has 43 heavy (non-hydrogen) atoms. The minimum absolute atomic E-state index is 0.0852. The van der Waals surface area contributed by atoms with Crippen LogP contribution >= 0.6 is 22.7 Å². The van der Waals surface area contributed by atoms with E-state index in [9.17, 15) is 14.4 Å². The first kappa shape index (κ1) is 31.6. The van der Waals surface area contributed by atoms with Crippen molar-refractivity contribution in [3.63, 3.8) is 0 Å². The highest BCUT2D eigenvalue weighted by Crippen LogP contribution is 2.15. The molecule has 0 atom stereocenters. The fraction of sp³-hybridized carbons (Fsp3) is 0.323. The summed E-state index contributed by atoms with van der Waals surface area (Å²) in [5.41, 5.74) is 5.16. The molecule has 0 radical (unpaired) electrons. The van der Waals surface area contributed by atoms with Crippen molar-refractivity contribution in [2.75, 3.05) is 13.1 Å². The molecule has 3 amide bonds. The van der Waals surface area contributed by atoms with Gasteiger partial charge in [-0.15, -0.1) is 22.7 Å². The molecule has 10 nitrogen and oxygen atoms in total. The molecule has 12 heteroatoms. The maximum atomic E-state index is 13.4. The highest BCUT2D eigenvalue weighted by atomic mass is 32.1. The molecule has 2 aromatic carbocycles. The highest BCUT2D eigenvalue weighted by Gasteiger charge is 2.27. The van der Waals surface area contributed by atoms with Crippen LogP contribution in [0, 0.1) is 5.92 Å². The first-order valence-electron chi connectivity index (χ1n) is 13.8. The number of nitrogens with one attached hydrogen (secondary N) is 1. The Morgan fingerprint density at radius 1 is 0.744 bits per heavy atom. The molecule has 2 aromatic heterocycles. The monoisotopic (exact) mass is 621 g/mol. The second-order valence-electron chi connectivity index (χ2n) is 10.1. The van der Waals surface area contributed by atoms with Gasteiger partial charge < -0.3 is 24.6 Å². The number of amides is 3. The number of rotatable bonds is 14. The first-order valence-corrected chi connectivity index (χ1v) is 15.6.